The van der Waals surface area contributed by atoms with E-state index in [1.807, 2.05) is 69.8 Å². The van der Waals surface area contributed by atoms with Gasteiger partial charge in [-0.3, -0.25) is 19.1 Å². The first-order valence-electron chi connectivity index (χ1n) is 14.9. The second-order valence-corrected chi connectivity index (χ2v) is 11.1. The lowest BCUT2D eigenvalue weighted by Crippen LogP contribution is -2.11. The van der Waals surface area contributed by atoms with Gasteiger partial charge < -0.3 is 0 Å². The summed E-state index contributed by atoms with van der Waals surface area (Å²) in [7, 11) is 0. The lowest BCUT2D eigenvalue weighted by molar-refractivity contribution is 0.884. The summed E-state index contributed by atoms with van der Waals surface area (Å²) >= 11 is 0. The van der Waals surface area contributed by atoms with Crippen LogP contribution in [0.1, 0.15) is 0 Å². The molecule has 0 amide bonds. The van der Waals surface area contributed by atoms with Gasteiger partial charge in [0.05, 0.1) is 22.1 Å². The Hall–Kier alpha value is -6.61. The highest BCUT2D eigenvalue weighted by molar-refractivity contribution is 6.10. The second-order valence-electron chi connectivity index (χ2n) is 11.1. The van der Waals surface area contributed by atoms with E-state index in [0.29, 0.717) is 17.7 Å². The minimum absolute atomic E-state index is 0.454. The molecule has 214 valence electrons. The Morgan fingerprint density at radius 3 is 1.54 bits per heavy atom. The summed E-state index contributed by atoms with van der Waals surface area (Å²) in [6, 6.07) is 34.6. The predicted octanol–water partition coefficient (Wildman–Crippen LogP) is 7.62. The zero-order valence-corrected chi connectivity index (χ0v) is 24.1. The van der Waals surface area contributed by atoms with Crippen molar-refractivity contribution in [1.29, 1.82) is 0 Å². The van der Waals surface area contributed by atoms with Crippen molar-refractivity contribution < 1.29 is 0 Å². The van der Waals surface area contributed by atoms with Crippen LogP contribution in [0.15, 0.2) is 128 Å². The van der Waals surface area contributed by atoms with E-state index in [1.165, 1.54) is 0 Å². The molecule has 0 bridgehead atoms. The molecule has 0 unspecified atom stereocenters. The molecule has 0 saturated heterocycles. The summed E-state index contributed by atoms with van der Waals surface area (Å²) in [5, 5.41) is 6.03. The quantitative estimate of drug-likeness (QED) is 0.195. The van der Waals surface area contributed by atoms with Crippen molar-refractivity contribution in [1.82, 2.24) is 44.0 Å². The second kappa shape index (κ2) is 9.44. The van der Waals surface area contributed by atoms with Crippen molar-refractivity contribution in [2.75, 3.05) is 0 Å². The molecule has 0 N–H and O–H groups in total. The lowest BCUT2D eigenvalue weighted by atomic mass is 10.0. The van der Waals surface area contributed by atoms with Crippen molar-refractivity contribution in [3.05, 3.63) is 128 Å². The molecule has 0 saturated carbocycles. The highest BCUT2D eigenvalue weighted by atomic mass is 15.3. The number of para-hydroxylation sites is 2. The van der Waals surface area contributed by atoms with Gasteiger partial charge in [0, 0.05) is 62.7 Å². The van der Waals surface area contributed by atoms with E-state index < -0.39 is 0 Å². The molecule has 7 heterocycles. The molecular formula is C37H21N9. The van der Waals surface area contributed by atoms with Gasteiger partial charge in [-0.2, -0.15) is 15.0 Å². The number of benzene rings is 3. The third kappa shape index (κ3) is 3.47. The van der Waals surface area contributed by atoms with Crippen LogP contribution >= 0.6 is 0 Å². The maximum atomic E-state index is 5.19. The Labute approximate surface area is 260 Å². The van der Waals surface area contributed by atoms with Gasteiger partial charge in [-0.25, -0.2) is 9.97 Å². The van der Waals surface area contributed by atoms with E-state index in [4.69, 9.17) is 29.9 Å². The highest BCUT2D eigenvalue weighted by Crippen LogP contribution is 2.35. The Bertz CT molecular complexity index is 2590. The highest BCUT2D eigenvalue weighted by Gasteiger charge is 2.22. The van der Waals surface area contributed by atoms with Gasteiger partial charge in [0.2, 0.25) is 11.9 Å². The van der Waals surface area contributed by atoms with Crippen LogP contribution in [0, 0.1) is 0 Å². The van der Waals surface area contributed by atoms with Crippen LogP contribution in [0.3, 0.4) is 0 Å². The first-order valence-corrected chi connectivity index (χ1v) is 14.9. The zero-order chi connectivity index (χ0) is 30.2. The third-order valence-corrected chi connectivity index (χ3v) is 8.58. The van der Waals surface area contributed by atoms with E-state index in [1.54, 1.807) is 24.8 Å². The topological polar surface area (TPSA) is 100 Å². The van der Waals surface area contributed by atoms with Gasteiger partial charge in [0.1, 0.15) is 11.3 Å². The Morgan fingerprint density at radius 1 is 0.413 bits per heavy atom. The summed E-state index contributed by atoms with van der Waals surface area (Å²) in [4.78, 5) is 34.6. The molecule has 10 rings (SSSR count). The molecule has 9 heteroatoms. The number of nitrogens with zero attached hydrogens (tertiary/aromatic N) is 9. The SMILES string of the molecule is c1cnc2c(c1)cc(-c1nc(-n3c4ccccc4c4cccnc43)nc(-n3c4ccccc4c4cccnc43)n1)c1cccnc12. The molecule has 0 aliphatic carbocycles. The summed E-state index contributed by atoms with van der Waals surface area (Å²) in [6.45, 7) is 0. The monoisotopic (exact) mass is 591 g/mol. The van der Waals surface area contributed by atoms with E-state index in [9.17, 15) is 0 Å². The fraction of sp³-hybridized carbons (Fsp3) is 0. The molecule has 46 heavy (non-hydrogen) atoms. The summed E-state index contributed by atoms with van der Waals surface area (Å²) < 4.78 is 4.04. The molecule has 9 nitrogen and oxygen atoms in total. The Morgan fingerprint density at radius 2 is 0.913 bits per heavy atom. The van der Waals surface area contributed by atoms with Gasteiger partial charge in [-0.15, -0.1) is 0 Å². The van der Waals surface area contributed by atoms with Gasteiger partial charge in [-0.05, 0) is 54.6 Å². The van der Waals surface area contributed by atoms with Crippen LogP contribution < -0.4 is 0 Å². The molecule has 10 aromatic rings. The number of rotatable bonds is 3. The van der Waals surface area contributed by atoms with Crippen molar-refractivity contribution in [2.45, 2.75) is 0 Å². The minimum Gasteiger partial charge on any atom is -0.262 e. The number of aromatic nitrogens is 9. The first-order chi connectivity index (χ1) is 22.8. The molecule has 0 spiro atoms. The zero-order valence-electron chi connectivity index (χ0n) is 24.1. The van der Waals surface area contributed by atoms with Crippen molar-refractivity contribution >= 4 is 65.7 Å². The van der Waals surface area contributed by atoms with Gasteiger partial charge in [0.25, 0.3) is 0 Å². The van der Waals surface area contributed by atoms with E-state index in [-0.39, 0.29) is 0 Å². The number of fused-ring (bicyclic) bond motifs is 9. The van der Waals surface area contributed by atoms with Gasteiger partial charge in [0.15, 0.2) is 5.82 Å². The van der Waals surface area contributed by atoms with Crippen LogP contribution in [0.5, 0.6) is 0 Å². The van der Waals surface area contributed by atoms with Gasteiger partial charge >= 0.3 is 0 Å². The van der Waals surface area contributed by atoms with Crippen LogP contribution in [0.4, 0.5) is 0 Å². The standard InChI is InChI=1S/C37H21N9/c1-3-15-29-23(10-1)26-13-7-19-40-34(26)45(29)36-42-33(28-21-22-9-5-17-38-31(22)32-25(28)12-6-18-39-32)43-37(44-36)46-30-16-4-2-11-24(30)27-14-8-20-41-35(27)46/h1-21H. The molecule has 0 atom stereocenters. The normalized spacial score (nSPS) is 11.9. The maximum absolute atomic E-state index is 5.19. The molecule has 0 aliphatic rings. The van der Waals surface area contributed by atoms with E-state index in [0.717, 1.165) is 71.2 Å². The molecule has 0 aliphatic heterocycles. The summed E-state index contributed by atoms with van der Waals surface area (Å²) in [5.41, 5.74) is 5.88. The number of hydrogen-bond acceptors (Lipinski definition) is 7. The fourth-order valence-electron chi connectivity index (χ4n) is 6.63. The molecule has 0 fully saturated rings. The largest absolute Gasteiger partial charge is 0.262 e. The summed E-state index contributed by atoms with van der Waals surface area (Å²) in [5.74, 6) is 1.41. The van der Waals surface area contributed by atoms with Crippen molar-refractivity contribution in [2.24, 2.45) is 0 Å². The first kappa shape index (κ1) is 24.8. The Balaban J connectivity index is 1.37. The predicted molar refractivity (Wildman–Crippen MR) is 180 cm³/mol. The lowest BCUT2D eigenvalue weighted by Gasteiger charge is -2.13. The summed E-state index contributed by atoms with van der Waals surface area (Å²) in [6.07, 6.45) is 7.18. The third-order valence-electron chi connectivity index (χ3n) is 8.58. The van der Waals surface area contributed by atoms with Crippen LogP contribution in [-0.2, 0) is 0 Å². The van der Waals surface area contributed by atoms with E-state index in [2.05, 4.69) is 47.4 Å². The fourth-order valence-corrected chi connectivity index (χ4v) is 6.63. The van der Waals surface area contributed by atoms with Crippen molar-refractivity contribution in [3.8, 4) is 23.3 Å². The average molecular weight is 592 g/mol. The molecular weight excluding hydrogens is 570 g/mol. The molecule has 0 radical (unpaired) electrons. The smallest absolute Gasteiger partial charge is 0.241 e. The number of hydrogen-bond donors (Lipinski definition) is 0. The van der Waals surface area contributed by atoms with Crippen molar-refractivity contribution in [3.63, 3.8) is 0 Å². The minimum atomic E-state index is 0.454. The average Bonchev–Trinajstić information content (AvgIpc) is 3.64. The molecule has 3 aromatic carbocycles. The maximum Gasteiger partial charge on any atom is 0.241 e. The van der Waals surface area contributed by atoms with Crippen LogP contribution in [-0.4, -0.2) is 44.0 Å². The molecule has 7 aromatic heterocycles. The number of pyridine rings is 4. The van der Waals surface area contributed by atoms with Gasteiger partial charge in [-0.1, -0.05) is 48.5 Å². The van der Waals surface area contributed by atoms with Crippen LogP contribution in [0.2, 0.25) is 0 Å². The Kier molecular flexibility index (Phi) is 5.09. The van der Waals surface area contributed by atoms with E-state index >= 15 is 0 Å². The van der Waals surface area contributed by atoms with Crippen LogP contribution in [0.25, 0.3) is 89.0 Å².